The second-order valence-corrected chi connectivity index (χ2v) is 11.2. The van der Waals surface area contributed by atoms with E-state index in [1.54, 1.807) is 0 Å². The minimum Gasteiger partial charge on any atom is -0.325 e. The van der Waals surface area contributed by atoms with Gasteiger partial charge in [0.25, 0.3) is 0 Å². The second kappa shape index (κ2) is 8.67. The number of fused-ring (bicyclic) bond motifs is 1. The van der Waals surface area contributed by atoms with E-state index in [9.17, 15) is 13.2 Å². The number of para-hydroxylation sites is 1. The largest absolute Gasteiger partial charge is 0.325 e. The minimum atomic E-state index is -3.11. The predicted octanol–water partition coefficient (Wildman–Crippen LogP) is 3.58. The molecule has 1 amide bonds. The van der Waals surface area contributed by atoms with Crippen molar-refractivity contribution in [2.24, 2.45) is 4.99 Å². The fourth-order valence-corrected chi connectivity index (χ4v) is 6.92. The molecule has 2 aliphatic heterocycles. The SMILES string of the molecule is CCc1ccccc1NC(=O)CSC1=NC2CS(=O)(=O)CC2N1c1cc(C)ccc1C. The summed E-state index contributed by atoms with van der Waals surface area (Å²) in [4.78, 5) is 19.4. The Hall–Kier alpha value is -2.32. The average Bonchev–Trinajstić information content (AvgIpc) is 3.19. The van der Waals surface area contributed by atoms with Crippen molar-refractivity contribution in [3.63, 3.8) is 0 Å². The quantitative estimate of drug-likeness (QED) is 0.743. The third-order valence-corrected chi connectivity index (χ3v) is 8.40. The van der Waals surface area contributed by atoms with Crippen LogP contribution < -0.4 is 10.2 Å². The summed E-state index contributed by atoms with van der Waals surface area (Å²) in [6, 6.07) is 13.4. The van der Waals surface area contributed by atoms with E-state index in [0.717, 1.165) is 39.7 Å². The first-order valence-corrected chi connectivity index (χ1v) is 13.2. The van der Waals surface area contributed by atoms with Crippen molar-refractivity contribution in [3.8, 4) is 0 Å². The third-order valence-electron chi connectivity index (χ3n) is 5.74. The molecule has 0 aromatic heterocycles. The molecule has 2 atom stereocenters. The van der Waals surface area contributed by atoms with E-state index in [0.29, 0.717) is 0 Å². The van der Waals surface area contributed by atoms with Crippen molar-refractivity contribution in [1.82, 2.24) is 0 Å². The zero-order chi connectivity index (χ0) is 22.2. The number of aliphatic imine (C=N–C) groups is 1. The number of amides is 1. The Morgan fingerprint density at radius 3 is 2.74 bits per heavy atom. The number of benzene rings is 2. The van der Waals surface area contributed by atoms with E-state index in [1.807, 2.05) is 55.1 Å². The Bertz CT molecular complexity index is 1140. The number of nitrogens with one attached hydrogen (secondary N) is 1. The Labute approximate surface area is 188 Å². The molecule has 0 radical (unpaired) electrons. The number of rotatable bonds is 5. The molecule has 0 bridgehead atoms. The van der Waals surface area contributed by atoms with Crippen molar-refractivity contribution in [1.29, 1.82) is 0 Å². The maximum atomic E-state index is 12.6. The van der Waals surface area contributed by atoms with Gasteiger partial charge in [0.1, 0.15) is 0 Å². The van der Waals surface area contributed by atoms with Crippen LogP contribution in [0.3, 0.4) is 0 Å². The number of sulfone groups is 1. The van der Waals surface area contributed by atoms with Gasteiger partial charge in [0.05, 0.1) is 29.3 Å². The Morgan fingerprint density at radius 2 is 1.97 bits per heavy atom. The summed E-state index contributed by atoms with van der Waals surface area (Å²) in [5.41, 5.74) is 5.05. The molecule has 0 saturated carbocycles. The standard InChI is InChI=1S/C23H27N3O3S2/c1-4-17-7-5-6-8-18(17)24-22(27)12-30-23-25-19-13-31(28,29)14-21(19)26(23)20-11-15(2)9-10-16(20)3/h5-11,19,21H,4,12-14H2,1-3H3,(H,24,27). The lowest BCUT2D eigenvalue weighted by Crippen LogP contribution is -2.40. The summed E-state index contributed by atoms with van der Waals surface area (Å²) in [6.07, 6.45) is 0.842. The summed E-state index contributed by atoms with van der Waals surface area (Å²) in [7, 11) is -3.11. The molecule has 164 valence electrons. The van der Waals surface area contributed by atoms with E-state index in [1.165, 1.54) is 11.8 Å². The molecule has 31 heavy (non-hydrogen) atoms. The van der Waals surface area contributed by atoms with Gasteiger partial charge in [-0.05, 0) is 49.1 Å². The lowest BCUT2D eigenvalue weighted by atomic mass is 10.1. The highest BCUT2D eigenvalue weighted by molar-refractivity contribution is 8.14. The number of anilines is 2. The van der Waals surface area contributed by atoms with Crippen LogP contribution in [0.2, 0.25) is 0 Å². The van der Waals surface area contributed by atoms with Gasteiger partial charge < -0.3 is 10.2 Å². The molecule has 0 aliphatic carbocycles. The molecule has 2 aliphatic rings. The van der Waals surface area contributed by atoms with Crippen molar-refractivity contribution in [2.75, 3.05) is 27.5 Å². The van der Waals surface area contributed by atoms with Gasteiger partial charge in [-0.25, -0.2) is 8.42 Å². The zero-order valence-electron chi connectivity index (χ0n) is 18.0. The predicted molar refractivity (Wildman–Crippen MR) is 129 cm³/mol. The fraction of sp³-hybridized carbons (Fsp3) is 0.391. The Kier molecular flexibility index (Phi) is 6.12. The molecule has 2 heterocycles. The van der Waals surface area contributed by atoms with Crippen molar-refractivity contribution in [3.05, 3.63) is 59.2 Å². The number of hydrogen-bond donors (Lipinski definition) is 1. The van der Waals surface area contributed by atoms with Gasteiger partial charge >= 0.3 is 0 Å². The van der Waals surface area contributed by atoms with Crippen molar-refractivity contribution >= 4 is 44.0 Å². The van der Waals surface area contributed by atoms with Crippen LogP contribution in [-0.4, -0.2) is 48.8 Å². The van der Waals surface area contributed by atoms with E-state index in [4.69, 9.17) is 4.99 Å². The lowest BCUT2D eigenvalue weighted by molar-refractivity contribution is -0.113. The van der Waals surface area contributed by atoms with Crippen molar-refractivity contribution in [2.45, 2.75) is 39.3 Å². The van der Waals surface area contributed by atoms with Gasteiger partial charge in [0, 0.05) is 11.4 Å². The van der Waals surface area contributed by atoms with Crippen molar-refractivity contribution < 1.29 is 13.2 Å². The number of hydrogen-bond acceptors (Lipinski definition) is 6. The van der Waals surface area contributed by atoms with Gasteiger partial charge in [-0.2, -0.15) is 0 Å². The number of nitrogens with zero attached hydrogens (tertiary/aromatic N) is 2. The van der Waals surface area contributed by atoms with E-state index in [-0.39, 0.29) is 35.2 Å². The summed E-state index contributed by atoms with van der Waals surface area (Å²) >= 11 is 1.37. The highest BCUT2D eigenvalue weighted by Crippen LogP contribution is 2.37. The molecule has 2 aromatic rings. The molecule has 0 spiro atoms. The number of thioether (sulfide) groups is 1. The topological polar surface area (TPSA) is 78.8 Å². The lowest BCUT2D eigenvalue weighted by Gasteiger charge is -2.28. The molecular weight excluding hydrogens is 430 g/mol. The highest BCUT2D eigenvalue weighted by Gasteiger charge is 2.47. The van der Waals surface area contributed by atoms with Crippen LogP contribution >= 0.6 is 11.8 Å². The first-order chi connectivity index (χ1) is 14.8. The molecule has 8 heteroatoms. The van der Waals surface area contributed by atoms with E-state index >= 15 is 0 Å². The number of carbonyl (C=O) groups is 1. The molecule has 2 unspecified atom stereocenters. The average molecular weight is 458 g/mol. The van der Waals surface area contributed by atoms with E-state index < -0.39 is 9.84 Å². The Balaban J connectivity index is 1.54. The van der Waals surface area contributed by atoms with Crippen LogP contribution in [0.1, 0.15) is 23.6 Å². The smallest absolute Gasteiger partial charge is 0.234 e. The van der Waals surface area contributed by atoms with Crippen LogP contribution in [0.5, 0.6) is 0 Å². The van der Waals surface area contributed by atoms with Crippen LogP contribution in [0.25, 0.3) is 0 Å². The summed E-state index contributed by atoms with van der Waals surface area (Å²) in [5.74, 6) is 0.275. The number of carbonyl (C=O) groups excluding carboxylic acids is 1. The first kappa shape index (κ1) is 21.9. The molecule has 6 nitrogen and oxygen atoms in total. The van der Waals surface area contributed by atoms with E-state index in [2.05, 4.69) is 18.3 Å². The van der Waals surface area contributed by atoms with Crippen LogP contribution in [0.4, 0.5) is 11.4 Å². The zero-order valence-corrected chi connectivity index (χ0v) is 19.6. The molecular formula is C23H27N3O3S2. The molecule has 2 aromatic carbocycles. The molecule has 4 rings (SSSR count). The fourth-order valence-electron chi connectivity index (χ4n) is 4.16. The summed E-state index contributed by atoms with van der Waals surface area (Å²) < 4.78 is 24.5. The molecule has 1 fully saturated rings. The van der Waals surface area contributed by atoms with Gasteiger partial charge in [-0.1, -0.05) is 49.0 Å². The van der Waals surface area contributed by atoms with Crippen LogP contribution in [0.15, 0.2) is 47.5 Å². The van der Waals surface area contributed by atoms with Gasteiger partial charge in [0.15, 0.2) is 15.0 Å². The van der Waals surface area contributed by atoms with Gasteiger partial charge in [-0.3, -0.25) is 9.79 Å². The normalized spacial score (nSPS) is 21.6. The minimum absolute atomic E-state index is 0.0686. The number of aryl methyl sites for hydroxylation is 3. The number of amidine groups is 1. The van der Waals surface area contributed by atoms with Crippen LogP contribution in [0, 0.1) is 13.8 Å². The second-order valence-electron chi connectivity index (χ2n) is 8.13. The maximum Gasteiger partial charge on any atom is 0.234 e. The maximum absolute atomic E-state index is 12.6. The Morgan fingerprint density at radius 1 is 1.19 bits per heavy atom. The molecule has 1 saturated heterocycles. The van der Waals surface area contributed by atoms with Gasteiger partial charge in [-0.15, -0.1) is 0 Å². The van der Waals surface area contributed by atoms with Gasteiger partial charge in [0.2, 0.25) is 5.91 Å². The molecule has 1 N–H and O–H groups in total. The highest BCUT2D eigenvalue weighted by atomic mass is 32.2. The van der Waals surface area contributed by atoms with Crippen LogP contribution in [-0.2, 0) is 21.1 Å². The summed E-state index contributed by atoms with van der Waals surface area (Å²) in [6.45, 7) is 6.09. The first-order valence-electron chi connectivity index (χ1n) is 10.4. The summed E-state index contributed by atoms with van der Waals surface area (Å²) in [5, 5.41) is 3.71. The monoisotopic (exact) mass is 457 g/mol. The third kappa shape index (κ3) is 4.65.